The highest BCUT2D eigenvalue weighted by atomic mass is 16.6. The van der Waals surface area contributed by atoms with Crippen LogP contribution in [-0.4, -0.2) is 23.0 Å². The monoisotopic (exact) mass is 320 g/mol. The van der Waals surface area contributed by atoms with Crippen molar-refractivity contribution in [1.29, 1.82) is 0 Å². The number of ketones is 1. The van der Waals surface area contributed by atoms with Crippen molar-refractivity contribution in [2.75, 3.05) is 0 Å². The molecule has 3 saturated carbocycles. The third-order valence-corrected chi connectivity index (χ3v) is 5.86. The molecule has 4 heteroatoms. The highest BCUT2D eigenvalue weighted by molar-refractivity contribution is 6.18. The maximum Gasteiger partial charge on any atom is 0.346 e. The Hall–Kier alpha value is -1.32. The van der Waals surface area contributed by atoms with Gasteiger partial charge in [-0.05, 0) is 37.5 Å². The Morgan fingerprint density at radius 1 is 1.09 bits per heavy atom. The molecule has 4 nitrogen and oxygen atoms in total. The minimum Gasteiger partial charge on any atom is -0.507 e. The van der Waals surface area contributed by atoms with Gasteiger partial charge in [-0.15, -0.1) is 0 Å². The van der Waals surface area contributed by atoms with Crippen LogP contribution in [-0.2, 0) is 14.3 Å². The van der Waals surface area contributed by atoms with Crippen LogP contribution in [0, 0.1) is 17.8 Å². The molecule has 1 N–H and O–H groups in total. The van der Waals surface area contributed by atoms with Gasteiger partial charge in [-0.2, -0.15) is 0 Å². The number of aliphatic hydroxyl groups is 1. The molecule has 3 aliphatic carbocycles. The maximum atomic E-state index is 11.4. The lowest BCUT2D eigenvalue weighted by molar-refractivity contribution is -0.141. The van der Waals surface area contributed by atoms with Gasteiger partial charge in [-0.1, -0.05) is 51.4 Å². The van der Waals surface area contributed by atoms with E-state index in [1.807, 2.05) is 0 Å². The molecule has 0 bridgehead atoms. The molecular formula is C19H28O4. The zero-order valence-electron chi connectivity index (χ0n) is 14.1. The summed E-state index contributed by atoms with van der Waals surface area (Å²) < 4.78 is 5.07. The topological polar surface area (TPSA) is 63.6 Å². The zero-order chi connectivity index (χ0) is 16.4. The second-order valence-electron chi connectivity index (χ2n) is 7.64. The van der Waals surface area contributed by atoms with Crippen molar-refractivity contribution in [2.24, 2.45) is 17.8 Å². The van der Waals surface area contributed by atoms with Crippen LogP contribution >= 0.6 is 0 Å². The van der Waals surface area contributed by atoms with E-state index in [0.29, 0.717) is 12.3 Å². The number of carbonyl (C=O) groups is 2. The number of ether oxygens (including phenoxy) is 1. The van der Waals surface area contributed by atoms with Crippen LogP contribution in [0.4, 0.5) is 0 Å². The zero-order valence-corrected chi connectivity index (χ0v) is 14.1. The molecule has 3 atom stereocenters. The van der Waals surface area contributed by atoms with E-state index < -0.39 is 17.9 Å². The fourth-order valence-corrected chi connectivity index (χ4v) is 4.38. The number of hydrogen-bond acceptors (Lipinski definition) is 4. The molecule has 0 amide bonds. The van der Waals surface area contributed by atoms with Crippen molar-refractivity contribution in [3.63, 3.8) is 0 Å². The standard InChI is InChI=1S/C13H18O4.C6H10/c1-8(14)11-12(15)10(17-13(11)16)7-9-5-3-2-4-6-9;1-2-5-4-6(5)3-1/h9-10,15H,2-7H2,1H3;5-6H,1-4H2. The van der Waals surface area contributed by atoms with Crippen molar-refractivity contribution in [2.45, 2.75) is 77.2 Å². The average molecular weight is 320 g/mol. The lowest BCUT2D eigenvalue weighted by Crippen LogP contribution is -2.18. The average Bonchev–Trinajstić information content (AvgIpc) is 3.01. The van der Waals surface area contributed by atoms with Gasteiger partial charge in [0.15, 0.2) is 17.6 Å². The maximum absolute atomic E-state index is 11.4. The third-order valence-electron chi connectivity index (χ3n) is 5.86. The van der Waals surface area contributed by atoms with E-state index in [1.54, 1.807) is 19.3 Å². The van der Waals surface area contributed by atoms with E-state index in [4.69, 9.17) is 4.74 Å². The largest absolute Gasteiger partial charge is 0.507 e. The Labute approximate surface area is 138 Å². The van der Waals surface area contributed by atoms with Crippen molar-refractivity contribution in [3.05, 3.63) is 11.3 Å². The molecule has 0 radical (unpaired) electrons. The first-order chi connectivity index (χ1) is 11.1. The van der Waals surface area contributed by atoms with E-state index in [0.717, 1.165) is 12.8 Å². The highest BCUT2D eigenvalue weighted by Gasteiger charge is 2.40. The normalized spacial score (nSPS) is 32.9. The summed E-state index contributed by atoms with van der Waals surface area (Å²) >= 11 is 0. The van der Waals surface area contributed by atoms with Crippen molar-refractivity contribution in [3.8, 4) is 0 Å². The van der Waals surface area contributed by atoms with Crippen molar-refractivity contribution >= 4 is 11.8 Å². The number of cyclic esters (lactones) is 1. The number of hydrogen-bond donors (Lipinski definition) is 1. The Morgan fingerprint density at radius 3 is 2.17 bits per heavy atom. The first kappa shape index (κ1) is 16.5. The second kappa shape index (κ2) is 7.06. The van der Waals surface area contributed by atoms with Crippen LogP contribution in [0.5, 0.6) is 0 Å². The summed E-state index contributed by atoms with van der Waals surface area (Å²) in [5, 5.41) is 9.83. The first-order valence-corrected chi connectivity index (χ1v) is 9.21. The number of fused-ring (bicyclic) bond motifs is 1. The van der Waals surface area contributed by atoms with Crippen LogP contribution in [0.25, 0.3) is 0 Å². The van der Waals surface area contributed by atoms with E-state index in [2.05, 4.69) is 0 Å². The third kappa shape index (κ3) is 3.96. The molecule has 0 aromatic carbocycles. The van der Waals surface area contributed by atoms with Gasteiger partial charge in [-0.25, -0.2) is 4.79 Å². The van der Waals surface area contributed by atoms with Gasteiger partial charge in [0.2, 0.25) is 0 Å². The molecule has 23 heavy (non-hydrogen) atoms. The van der Waals surface area contributed by atoms with Crippen molar-refractivity contribution in [1.82, 2.24) is 0 Å². The van der Waals surface area contributed by atoms with Crippen LogP contribution < -0.4 is 0 Å². The van der Waals surface area contributed by atoms with Crippen molar-refractivity contribution < 1.29 is 19.4 Å². The summed E-state index contributed by atoms with van der Waals surface area (Å²) in [6.07, 6.45) is 12.2. The quantitative estimate of drug-likeness (QED) is 0.628. The van der Waals surface area contributed by atoms with Gasteiger partial charge in [-0.3, -0.25) is 4.79 Å². The fourth-order valence-electron chi connectivity index (χ4n) is 4.38. The summed E-state index contributed by atoms with van der Waals surface area (Å²) in [6, 6.07) is 0. The number of rotatable bonds is 3. The molecule has 1 heterocycles. The van der Waals surface area contributed by atoms with Crippen LogP contribution in [0.3, 0.4) is 0 Å². The van der Waals surface area contributed by atoms with Gasteiger partial charge >= 0.3 is 5.97 Å². The predicted octanol–water partition coefficient (Wildman–Crippen LogP) is 4.09. The van der Waals surface area contributed by atoms with Gasteiger partial charge in [0.25, 0.3) is 0 Å². The molecule has 1 aliphatic heterocycles. The van der Waals surface area contributed by atoms with E-state index >= 15 is 0 Å². The van der Waals surface area contributed by atoms with E-state index in [1.165, 1.54) is 44.4 Å². The van der Waals surface area contributed by atoms with Crippen LogP contribution in [0.1, 0.15) is 71.1 Å². The molecule has 0 saturated heterocycles. The summed E-state index contributed by atoms with van der Waals surface area (Å²) in [4.78, 5) is 22.6. The first-order valence-electron chi connectivity index (χ1n) is 9.21. The number of carbonyl (C=O) groups excluding carboxylic acids is 2. The fraction of sp³-hybridized carbons (Fsp3) is 0.789. The Bertz CT molecular complexity index is 493. The summed E-state index contributed by atoms with van der Waals surface area (Å²) in [6.45, 7) is 1.27. The Kier molecular flexibility index (Phi) is 5.08. The van der Waals surface area contributed by atoms with E-state index in [9.17, 15) is 14.7 Å². The van der Waals surface area contributed by atoms with Gasteiger partial charge in [0.05, 0.1) is 0 Å². The Balaban J connectivity index is 0.000000213. The molecule has 4 rings (SSSR count). The minimum absolute atomic E-state index is 0.159. The second-order valence-corrected chi connectivity index (χ2v) is 7.64. The molecule has 0 aromatic heterocycles. The SMILES string of the molecule is C1CC2CC2C1.CC(=O)C1=C(O)C(CC2CCCCC2)OC1=O. The summed E-state index contributed by atoms with van der Waals surface area (Å²) in [5.41, 5.74) is -0.161. The number of aliphatic hydroxyl groups excluding tert-OH is 1. The number of Topliss-reactive ketones (excluding diaryl/α,β-unsaturated/α-hetero) is 1. The summed E-state index contributed by atoms with van der Waals surface area (Å²) in [5.74, 6) is 1.67. The Morgan fingerprint density at radius 2 is 1.74 bits per heavy atom. The molecule has 0 aromatic rings. The van der Waals surface area contributed by atoms with Crippen LogP contribution in [0.2, 0.25) is 0 Å². The summed E-state index contributed by atoms with van der Waals surface area (Å²) in [7, 11) is 0. The van der Waals surface area contributed by atoms with Gasteiger partial charge in [0, 0.05) is 0 Å². The van der Waals surface area contributed by atoms with E-state index in [-0.39, 0.29) is 11.3 Å². The molecule has 4 aliphatic rings. The minimum atomic E-state index is -0.671. The van der Waals surface area contributed by atoms with Crippen LogP contribution in [0.15, 0.2) is 11.3 Å². The predicted molar refractivity (Wildman–Crippen MR) is 86.9 cm³/mol. The number of esters is 1. The molecule has 3 fully saturated rings. The highest BCUT2D eigenvalue weighted by Crippen LogP contribution is 2.51. The molecule has 128 valence electrons. The molecule has 3 unspecified atom stereocenters. The smallest absolute Gasteiger partial charge is 0.346 e. The lowest BCUT2D eigenvalue weighted by atomic mass is 9.85. The lowest BCUT2D eigenvalue weighted by Gasteiger charge is -2.23. The van der Waals surface area contributed by atoms with Gasteiger partial charge < -0.3 is 9.84 Å². The van der Waals surface area contributed by atoms with Gasteiger partial charge in [0.1, 0.15) is 5.57 Å². The molecule has 0 spiro atoms. The molecular weight excluding hydrogens is 292 g/mol.